The van der Waals surface area contributed by atoms with E-state index >= 15 is 0 Å². The highest BCUT2D eigenvalue weighted by Gasteiger charge is 2.60. The molecule has 2 aliphatic rings. The van der Waals surface area contributed by atoms with E-state index in [9.17, 15) is 8.42 Å². The van der Waals surface area contributed by atoms with Gasteiger partial charge in [0, 0.05) is 17.9 Å². The molecule has 0 amide bonds. The lowest BCUT2D eigenvalue weighted by Crippen LogP contribution is -2.11. The molecule has 1 aromatic carbocycles. The van der Waals surface area contributed by atoms with Gasteiger partial charge >= 0.3 is 0 Å². The predicted molar refractivity (Wildman–Crippen MR) is 94.8 cm³/mol. The van der Waals surface area contributed by atoms with Crippen LogP contribution in [0, 0.1) is 5.41 Å². The maximum Gasteiger partial charge on any atom is 0.238 e. The summed E-state index contributed by atoms with van der Waals surface area (Å²) < 4.78 is 28.5. The second-order valence-corrected chi connectivity index (χ2v) is 9.59. The molecule has 0 spiro atoms. The monoisotopic (exact) mass is 360 g/mol. The lowest BCUT2D eigenvalue weighted by atomic mass is 10.0. The molecular weight excluding hydrogens is 336 g/mol. The van der Waals surface area contributed by atoms with Crippen molar-refractivity contribution in [2.75, 3.05) is 0 Å². The van der Waals surface area contributed by atoms with Crippen LogP contribution >= 0.6 is 0 Å². The zero-order chi connectivity index (χ0) is 17.8. The third kappa shape index (κ3) is 2.91. The molecule has 1 aromatic heterocycles. The van der Waals surface area contributed by atoms with E-state index in [1.54, 1.807) is 12.1 Å². The first kappa shape index (κ1) is 16.8. The van der Waals surface area contributed by atoms with E-state index in [4.69, 9.17) is 9.66 Å². The van der Waals surface area contributed by atoms with Crippen LogP contribution in [0.15, 0.2) is 39.8 Å². The molecule has 6 heteroatoms. The summed E-state index contributed by atoms with van der Waals surface area (Å²) in [4.78, 5) is 0.149. The van der Waals surface area contributed by atoms with Gasteiger partial charge in [0.2, 0.25) is 10.0 Å². The summed E-state index contributed by atoms with van der Waals surface area (Å²) in [7, 11) is -3.65. The van der Waals surface area contributed by atoms with Gasteiger partial charge in [-0.1, -0.05) is 44.0 Å². The largest absolute Gasteiger partial charge is 0.361 e. The minimum absolute atomic E-state index is 0.0763. The third-order valence-electron chi connectivity index (χ3n) is 6.02. The molecule has 4 rings (SSSR count). The average molecular weight is 360 g/mol. The number of sulfonamides is 1. The van der Waals surface area contributed by atoms with E-state index in [1.165, 1.54) is 25.7 Å². The number of hydrogen-bond acceptors (Lipinski definition) is 4. The minimum Gasteiger partial charge on any atom is -0.361 e. The lowest BCUT2D eigenvalue weighted by Gasteiger charge is -2.04. The summed E-state index contributed by atoms with van der Waals surface area (Å²) in [6.45, 7) is 4.44. The molecule has 2 atom stereocenters. The van der Waals surface area contributed by atoms with Gasteiger partial charge in [-0.15, -0.1) is 0 Å². The highest BCUT2D eigenvalue weighted by atomic mass is 32.2. The van der Waals surface area contributed by atoms with Crippen molar-refractivity contribution in [1.82, 2.24) is 5.16 Å². The number of benzene rings is 1. The first-order valence-electron chi connectivity index (χ1n) is 8.88. The summed E-state index contributed by atoms with van der Waals surface area (Å²) in [5, 5.41) is 9.54. The van der Waals surface area contributed by atoms with Gasteiger partial charge in [-0.3, -0.25) is 0 Å². The van der Waals surface area contributed by atoms with Gasteiger partial charge in [0.1, 0.15) is 5.76 Å². The van der Waals surface area contributed by atoms with Crippen LogP contribution in [0.4, 0.5) is 0 Å². The normalized spacial score (nSPS) is 26.0. The van der Waals surface area contributed by atoms with Crippen LogP contribution in [0.3, 0.4) is 0 Å². The fourth-order valence-corrected chi connectivity index (χ4v) is 5.05. The Morgan fingerprint density at radius 3 is 2.36 bits per heavy atom. The fourth-order valence-electron chi connectivity index (χ4n) is 4.53. The molecule has 0 bridgehead atoms. The van der Waals surface area contributed by atoms with Crippen molar-refractivity contribution in [3.05, 3.63) is 47.3 Å². The van der Waals surface area contributed by atoms with Crippen molar-refractivity contribution in [2.24, 2.45) is 10.6 Å². The maximum atomic E-state index is 11.4. The average Bonchev–Trinajstić information content (AvgIpc) is 3.03. The Kier molecular flexibility index (Phi) is 3.81. The molecule has 2 aliphatic carbocycles. The minimum atomic E-state index is -3.65. The number of nitrogens with two attached hydrogens (primary N) is 1. The molecule has 1 heterocycles. The van der Waals surface area contributed by atoms with Crippen LogP contribution in [-0.2, 0) is 10.0 Å². The van der Waals surface area contributed by atoms with Crippen molar-refractivity contribution in [2.45, 2.75) is 62.2 Å². The molecule has 2 N–H and O–H groups in total. The van der Waals surface area contributed by atoms with Gasteiger partial charge in [-0.25, -0.2) is 13.6 Å². The standard InChI is InChI=1S/C19H24N2O3S/c1-19(2)17(13-7-9-14(10-8-13)25(20,22)23)18(19)15-11-16(24-21-15)12-5-3-4-6-12/h7-12,17-18H,3-6H2,1-2H3,(H2,20,22,23)/t17-,18-/m0/s1. The second kappa shape index (κ2) is 5.68. The summed E-state index contributed by atoms with van der Waals surface area (Å²) in [5.74, 6) is 2.16. The maximum absolute atomic E-state index is 11.4. The quantitative estimate of drug-likeness (QED) is 0.896. The van der Waals surface area contributed by atoms with Gasteiger partial charge in [0.15, 0.2) is 0 Å². The number of nitrogens with zero attached hydrogens (tertiary/aromatic N) is 1. The molecule has 5 nitrogen and oxygen atoms in total. The molecule has 0 aliphatic heterocycles. The smallest absolute Gasteiger partial charge is 0.238 e. The Bertz CT molecular complexity index is 878. The van der Waals surface area contributed by atoms with Gasteiger partial charge in [0.05, 0.1) is 10.6 Å². The molecule has 0 saturated heterocycles. The molecule has 134 valence electrons. The molecule has 2 saturated carbocycles. The second-order valence-electron chi connectivity index (χ2n) is 8.03. The molecule has 0 unspecified atom stereocenters. The van der Waals surface area contributed by atoms with Crippen molar-refractivity contribution in [3.8, 4) is 0 Å². The number of aromatic nitrogens is 1. The van der Waals surface area contributed by atoms with E-state index in [1.807, 2.05) is 12.1 Å². The van der Waals surface area contributed by atoms with E-state index in [2.05, 4.69) is 25.1 Å². The third-order valence-corrected chi connectivity index (χ3v) is 6.95. The van der Waals surface area contributed by atoms with Gasteiger partial charge in [-0.2, -0.15) is 0 Å². The van der Waals surface area contributed by atoms with Crippen LogP contribution < -0.4 is 5.14 Å². The zero-order valence-electron chi connectivity index (χ0n) is 14.6. The predicted octanol–water partition coefficient (Wildman–Crippen LogP) is 3.89. The number of primary sulfonamides is 1. The van der Waals surface area contributed by atoms with Crippen molar-refractivity contribution in [1.29, 1.82) is 0 Å². The van der Waals surface area contributed by atoms with Gasteiger partial charge in [0.25, 0.3) is 0 Å². The summed E-state index contributed by atoms with van der Waals surface area (Å²) in [6.07, 6.45) is 4.94. The van der Waals surface area contributed by atoms with Crippen LogP contribution in [0.1, 0.15) is 74.3 Å². The Balaban J connectivity index is 1.57. The Morgan fingerprint density at radius 2 is 1.76 bits per heavy atom. The van der Waals surface area contributed by atoms with Crippen LogP contribution in [0.2, 0.25) is 0 Å². The van der Waals surface area contributed by atoms with Crippen molar-refractivity contribution < 1.29 is 12.9 Å². The highest BCUT2D eigenvalue weighted by molar-refractivity contribution is 7.89. The fraction of sp³-hybridized carbons (Fsp3) is 0.526. The topological polar surface area (TPSA) is 86.2 Å². The molecule has 0 radical (unpaired) electrons. The van der Waals surface area contributed by atoms with Gasteiger partial charge in [-0.05, 0) is 41.9 Å². The van der Waals surface area contributed by atoms with E-state index in [0.717, 1.165) is 17.0 Å². The summed E-state index contributed by atoms with van der Waals surface area (Å²) >= 11 is 0. The Hall–Kier alpha value is -1.66. The summed E-state index contributed by atoms with van der Waals surface area (Å²) in [6, 6.07) is 9.04. The first-order valence-corrected chi connectivity index (χ1v) is 10.4. The Morgan fingerprint density at radius 1 is 1.12 bits per heavy atom. The van der Waals surface area contributed by atoms with Crippen LogP contribution in [0.5, 0.6) is 0 Å². The SMILES string of the molecule is CC1(C)[C@@H](c2ccc(S(N)(=O)=O)cc2)[C@@H]1c1cc(C2CCCC2)on1. The van der Waals surface area contributed by atoms with E-state index < -0.39 is 10.0 Å². The van der Waals surface area contributed by atoms with E-state index in [0.29, 0.717) is 17.8 Å². The van der Waals surface area contributed by atoms with Crippen molar-refractivity contribution in [3.63, 3.8) is 0 Å². The highest BCUT2D eigenvalue weighted by Crippen LogP contribution is 2.69. The molecule has 2 aromatic rings. The number of rotatable bonds is 4. The van der Waals surface area contributed by atoms with Gasteiger partial charge < -0.3 is 4.52 Å². The van der Waals surface area contributed by atoms with Crippen LogP contribution in [-0.4, -0.2) is 13.6 Å². The molecular formula is C19H24N2O3S. The van der Waals surface area contributed by atoms with Crippen LogP contribution in [0.25, 0.3) is 0 Å². The zero-order valence-corrected chi connectivity index (χ0v) is 15.4. The number of hydrogen-bond donors (Lipinski definition) is 1. The first-order chi connectivity index (χ1) is 11.8. The van der Waals surface area contributed by atoms with Crippen molar-refractivity contribution >= 4 is 10.0 Å². The summed E-state index contributed by atoms with van der Waals surface area (Å²) in [5.41, 5.74) is 2.22. The molecule has 2 fully saturated rings. The molecule has 25 heavy (non-hydrogen) atoms. The van der Waals surface area contributed by atoms with E-state index in [-0.39, 0.29) is 10.3 Å². The lowest BCUT2D eigenvalue weighted by molar-refractivity contribution is 0.354. The Labute approximate surface area is 148 Å².